The van der Waals surface area contributed by atoms with E-state index in [1.165, 1.54) is 0 Å². The Morgan fingerprint density at radius 1 is 0.458 bits per heavy atom. The Kier molecular flexibility index (Phi) is 95.5. The standard InChI is InChI=1S/2C2H2O4.7Li.H3O4P/c2*3-1(4)2(5)6;;;;;;;;1-5(2,3)4/h2*(H,3,4)(H,5,6);;;;;;;;(H3,1,2,3,4)/q;;7*+1;/p-7. The molecule has 0 bridgehead atoms. The first-order chi connectivity index (χ1) is 7.29. The number of carbonyl (C=O) groups excluding carboxylic acids is 4. The molecule has 0 aliphatic heterocycles. The molecule has 0 fully saturated rings. The Hall–Kier alpha value is 2.17. The van der Waals surface area contributed by atoms with Gasteiger partial charge in [0.25, 0.3) is 0 Å². The van der Waals surface area contributed by atoms with Gasteiger partial charge in [-0.1, -0.05) is 0 Å². The molecule has 0 aromatic carbocycles. The Balaban J connectivity index is -0.0000000134. The third-order valence-corrected chi connectivity index (χ3v) is 0.333. The Morgan fingerprint density at radius 3 is 0.500 bits per heavy atom. The first-order valence-corrected chi connectivity index (χ1v) is 4.32. The fourth-order valence-corrected chi connectivity index (χ4v) is 0. The molecule has 0 atom stereocenters. The van der Waals surface area contributed by atoms with E-state index >= 15 is 0 Å². The summed E-state index contributed by atoms with van der Waals surface area (Å²) in [4.78, 5) is 61.3. The topological polar surface area (TPSA) is 247 Å². The van der Waals surface area contributed by atoms with E-state index in [9.17, 15) is 0 Å². The molecule has 0 radical (unpaired) electrons. The van der Waals surface area contributed by atoms with Crippen LogP contribution in [0.25, 0.3) is 0 Å². The summed E-state index contributed by atoms with van der Waals surface area (Å²) in [5, 5.41) is 35.7. The molecule has 0 N–H and O–H groups in total. The van der Waals surface area contributed by atoms with Crippen molar-refractivity contribution in [2.75, 3.05) is 0 Å². The molecule has 24 heavy (non-hydrogen) atoms. The summed E-state index contributed by atoms with van der Waals surface area (Å²) in [7, 11) is -5.39. The first-order valence-electron chi connectivity index (χ1n) is 2.86. The number of carboxylic acid groups (broad SMARTS) is 4. The van der Waals surface area contributed by atoms with Gasteiger partial charge in [0.15, 0.2) is 0 Å². The van der Waals surface area contributed by atoms with Crippen LogP contribution in [-0.2, 0) is 23.7 Å². The summed E-state index contributed by atoms with van der Waals surface area (Å²) in [5.74, 6) is -8.74. The van der Waals surface area contributed by atoms with Gasteiger partial charge in [0, 0.05) is 0 Å². The summed E-state index contributed by atoms with van der Waals surface area (Å²) in [6.45, 7) is 0. The van der Waals surface area contributed by atoms with E-state index in [1.807, 2.05) is 0 Å². The van der Waals surface area contributed by atoms with E-state index in [0.717, 1.165) is 0 Å². The summed E-state index contributed by atoms with van der Waals surface area (Å²) >= 11 is 0. The number of hydrogen-bond donors (Lipinski definition) is 0. The summed E-state index contributed by atoms with van der Waals surface area (Å²) in [6, 6.07) is 0. The molecular weight excluding hydrogens is 320 g/mol. The molecule has 100 valence electrons. The minimum Gasteiger partial charge on any atom is -0.822 e. The second-order valence-corrected chi connectivity index (χ2v) is 2.49. The SMILES string of the molecule is O=C([O-])C(=O)[O-].O=C([O-])C(=O)[O-].O=P([O-])([O-])[O-].[Li+].[Li+].[Li+].[Li+].[Li+].[Li+].[Li+]. The van der Waals surface area contributed by atoms with Gasteiger partial charge in [-0.2, -0.15) is 7.82 Å². The fourth-order valence-electron chi connectivity index (χ4n) is 0. The zero-order chi connectivity index (χ0) is 14.8. The van der Waals surface area contributed by atoms with Gasteiger partial charge in [0.1, 0.15) is 0 Å². The van der Waals surface area contributed by atoms with Gasteiger partial charge in [-0.3, -0.25) is 0 Å². The summed E-state index contributed by atoms with van der Waals surface area (Å²) in [6.07, 6.45) is 0. The molecule has 0 aliphatic carbocycles. The second-order valence-electron chi connectivity index (χ2n) is 1.60. The van der Waals surface area contributed by atoms with E-state index in [0.29, 0.717) is 0 Å². The van der Waals surface area contributed by atoms with E-state index < -0.39 is 31.7 Å². The third-order valence-electron chi connectivity index (χ3n) is 0.333. The average molecular weight is 320 g/mol. The van der Waals surface area contributed by atoms with E-state index in [2.05, 4.69) is 0 Å². The predicted molar refractivity (Wildman–Crippen MR) is 27.6 cm³/mol. The maximum absolute atomic E-state index is 8.93. The molecule has 0 aliphatic rings. The van der Waals surface area contributed by atoms with Crippen LogP contribution in [0.1, 0.15) is 0 Å². The number of aliphatic carboxylic acids is 4. The van der Waals surface area contributed by atoms with Crippen molar-refractivity contribution in [1.82, 2.24) is 0 Å². The zero-order valence-electron chi connectivity index (χ0n) is 14.3. The summed E-state index contributed by atoms with van der Waals surface area (Å²) < 4.78 is 8.55. The van der Waals surface area contributed by atoms with Crippen LogP contribution in [0, 0.1) is 0 Å². The molecule has 0 unspecified atom stereocenters. The molecular formula is C4Li7O12P. The molecule has 0 spiro atoms. The van der Waals surface area contributed by atoms with Crippen LogP contribution in [0.4, 0.5) is 0 Å². The van der Waals surface area contributed by atoms with Crippen molar-refractivity contribution in [3.63, 3.8) is 0 Å². The number of phosphoric acid groups is 1. The Bertz CT molecular complexity index is 301. The summed E-state index contributed by atoms with van der Waals surface area (Å²) in [5.41, 5.74) is 0. The maximum Gasteiger partial charge on any atom is 1.00 e. The van der Waals surface area contributed by atoms with Gasteiger partial charge in [0.2, 0.25) is 0 Å². The van der Waals surface area contributed by atoms with Crippen molar-refractivity contribution in [2.24, 2.45) is 0 Å². The maximum atomic E-state index is 8.93. The van der Waals surface area contributed by atoms with Gasteiger partial charge in [-0.25, -0.2) is 0 Å². The van der Waals surface area contributed by atoms with Crippen LogP contribution in [0.2, 0.25) is 0 Å². The molecule has 0 amide bonds. The Morgan fingerprint density at radius 2 is 0.500 bits per heavy atom. The molecule has 12 nitrogen and oxygen atoms in total. The smallest absolute Gasteiger partial charge is 0.822 e. The van der Waals surface area contributed by atoms with Gasteiger partial charge in [-0.05, 0) is 0 Å². The van der Waals surface area contributed by atoms with Crippen molar-refractivity contribution in [3.05, 3.63) is 0 Å². The molecule has 0 saturated carbocycles. The van der Waals surface area contributed by atoms with E-state index in [1.54, 1.807) is 0 Å². The molecule has 0 saturated heterocycles. The number of rotatable bonds is 0. The Labute approximate surface area is 220 Å². The van der Waals surface area contributed by atoms with E-state index in [-0.39, 0.29) is 132 Å². The van der Waals surface area contributed by atoms with Crippen LogP contribution >= 0.6 is 7.82 Å². The largest absolute Gasteiger partial charge is 1.00 e. The minimum atomic E-state index is -5.39. The molecule has 0 aromatic rings. The van der Waals surface area contributed by atoms with Gasteiger partial charge in [0.05, 0.1) is 23.9 Å². The average Bonchev–Trinajstić information content (AvgIpc) is 2.01. The van der Waals surface area contributed by atoms with Gasteiger partial charge < -0.3 is 58.8 Å². The molecule has 0 rings (SSSR count). The minimum absolute atomic E-state index is 0. The molecule has 0 heterocycles. The van der Waals surface area contributed by atoms with Crippen molar-refractivity contribution < 1.29 is 191 Å². The number of carbonyl (C=O) groups is 4. The third kappa shape index (κ3) is 125. The number of carboxylic acids is 4. The van der Waals surface area contributed by atoms with Gasteiger partial charge >= 0.3 is 132 Å². The zero-order valence-corrected chi connectivity index (χ0v) is 15.2. The van der Waals surface area contributed by atoms with Crippen molar-refractivity contribution in [3.8, 4) is 0 Å². The van der Waals surface area contributed by atoms with Crippen molar-refractivity contribution in [2.45, 2.75) is 0 Å². The molecule has 0 aromatic heterocycles. The number of hydrogen-bond acceptors (Lipinski definition) is 12. The normalized spacial score (nSPS) is 6.12. The van der Waals surface area contributed by atoms with Crippen LogP contribution < -0.4 is 167 Å². The van der Waals surface area contributed by atoms with E-state index in [4.69, 9.17) is 58.8 Å². The molecule has 20 heteroatoms. The quantitative estimate of drug-likeness (QED) is 0.229. The van der Waals surface area contributed by atoms with Crippen LogP contribution in [0.15, 0.2) is 0 Å². The monoisotopic (exact) mass is 320 g/mol. The van der Waals surface area contributed by atoms with Crippen molar-refractivity contribution in [1.29, 1.82) is 0 Å². The first kappa shape index (κ1) is 63.4. The van der Waals surface area contributed by atoms with Crippen molar-refractivity contribution >= 4 is 31.7 Å². The predicted octanol–water partition coefficient (Wildman–Crippen LogP) is -30.8. The fraction of sp³-hybridized carbons (Fsp3) is 0. The van der Waals surface area contributed by atoms with Crippen LogP contribution in [-0.4, -0.2) is 23.9 Å². The van der Waals surface area contributed by atoms with Crippen LogP contribution in [0.3, 0.4) is 0 Å². The second kappa shape index (κ2) is 36.1. The van der Waals surface area contributed by atoms with Gasteiger partial charge in [-0.15, -0.1) is 0 Å². The van der Waals surface area contributed by atoms with Crippen LogP contribution in [0.5, 0.6) is 0 Å².